The number of para-hydroxylation sites is 1. The quantitative estimate of drug-likeness (QED) is 0.694. The third kappa shape index (κ3) is 5.82. The van der Waals surface area contributed by atoms with E-state index in [-0.39, 0.29) is 12.1 Å². The summed E-state index contributed by atoms with van der Waals surface area (Å²) in [6, 6.07) is 6.59. The van der Waals surface area contributed by atoms with Crippen LogP contribution in [0.2, 0.25) is 0 Å². The minimum Gasteiger partial charge on any atom is -0.450 e. The molecule has 0 radical (unpaired) electrons. The number of piperidine rings is 1. The number of carbonyl (C=O) groups excluding carboxylic acids is 1. The summed E-state index contributed by atoms with van der Waals surface area (Å²) in [5, 5.41) is 4.21. The zero-order valence-corrected chi connectivity index (χ0v) is 18.3. The Morgan fingerprint density at radius 2 is 2.04 bits per heavy atom. The highest BCUT2D eigenvalue weighted by molar-refractivity contribution is 7.80. The van der Waals surface area contributed by atoms with Crippen LogP contribution in [0.25, 0.3) is 0 Å². The van der Waals surface area contributed by atoms with E-state index in [1.54, 1.807) is 12.0 Å². The summed E-state index contributed by atoms with van der Waals surface area (Å²) in [7, 11) is 1.70. The molecule has 6 nitrogen and oxygen atoms in total. The predicted octanol–water partition coefficient (Wildman–Crippen LogP) is 3.82. The van der Waals surface area contributed by atoms with Crippen molar-refractivity contribution in [3.8, 4) is 0 Å². The van der Waals surface area contributed by atoms with Crippen LogP contribution in [0.4, 0.5) is 10.5 Å². The normalized spacial score (nSPS) is 14.6. The van der Waals surface area contributed by atoms with Crippen LogP contribution in [-0.2, 0) is 15.9 Å². The standard InChI is InChI=1S/C21H33N3O3S/c1-5-17-9-7-8-16(3)19(17)22-20(28)24(14-15-26-4)18-10-12-23(13-11-18)21(25)27-6-2/h7-9,18H,5-6,10-15H2,1-4H3,(H,22,28). The van der Waals surface area contributed by atoms with Gasteiger partial charge in [0.1, 0.15) is 0 Å². The number of carbonyl (C=O) groups is 1. The molecule has 1 saturated heterocycles. The number of hydrogen-bond donors (Lipinski definition) is 1. The molecule has 156 valence electrons. The van der Waals surface area contributed by atoms with Crippen molar-refractivity contribution >= 4 is 29.1 Å². The lowest BCUT2D eigenvalue weighted by molar-refractivity contribution is 0.0829. The van der Waals surface area contributed by atoms with Crippen molar-refractivity contribution in [2.45, 2.75) is 46.1 Å². The first-order valence-electron chi connectivity index (χ1n) is 10.1. The predicted molar refractivity (Wildman–Crippen MR) is 117 cm³/mol. The van der Waals surface area contributed by atoms with Crippen LogP contribution >= 0.6 is 12.2 Å². The number of aryl methyl sites for hydroxylation is 2. The maximum absolute atomic E-state index is 12.0. The van der Waals surface area contributed by atoms with E-state index in [0.29, 0.717) is 26.3 Å². The van der Waals surface area contributed by atoms with Crippen LogP contribution in [0.5, 0.6) is 0 Å². The molecule has 1 N–H and O–H groups in total. The Morgan fingerprint density at radius 1 is 1.32 bits per heavy atom. The van der Waals surface area contributed by atoms with E-state index < -0.39 is 0 Å². The van der Waals surface area contributed by atoms with Crippen LogP contribution in [0.1, 0.15) is 37.8 Å². The lowest BCUT2D eigenvalue weighted by atomic mass is 10.0. The largest absolute Gasteiger partial charge is 0.450 e. The lowest BCUT2D eigenvalue weighted by Gasteiger charge is -2.39. The molecule has 0 unspecified atom stereocenters. The summed E-state index contributed by atoms with van der Waals surface area (Å²) in [6.45, 7) is 9.17. The second kappa shape index (κ2) is 11.2. The lowest BCUT2D eigenvalue weighted by Crippen LogP contribution is -2.51. The monoisotopic (exact) mass is 407 g/mol. The molecule has 0 aromatic heterocycles. The Hall–Kier alpha value is -1.86. The smallest absolute Gasteiger partial charge is 0.409 e. The molecule has 0 atom stereocenters. The van der Waals surface area contributed by atoms with E-state index in [1.807, 2.05) is 6.92 Å². The van der Waals surface area contributed by atoms with E-state index in [1.165, 1.54) is 11.1 Å². The number of thiocarbonyl (C=S) groups is 1. The van der Waals surface area contributed by atoms with E-state index >= 15 is 0 Å². The molecule has 1 fully saturated rings. The summed E-state index contributed by atoms with van der Waals surface area (Å²) >= 11 is 5.80. The van der Waals surface area contributed by atoms with Gasteiger partial charge in [-0.15, -0.1) is 0 Å². The first-order chi connectivity index (χ1) is 13.5. The van der Waals surface area contributed by atoms with Gasteiger partial charge in [-0.05, 0) is 56.5 Å². The molecule has 1 aliphatic rings. The molecule has 0 saturated carbocycles. The van der Waals surface area contributed by atoms with Gasteiger partial charge in [0.25, 0.3) is 0 Å². The molecule has 1 heterocycles. The highest BCUT2D eigenvalue weighted by atomic mass is 32.1. The fourth-order valence-corrected chi connectivity index (χ4v) is 3.94. The van der Waals surface area contributed by atoms with Gasteiger partial charge in [0.2, 0.25) is 0 Å². The first kappa shape index (κ1) is 22.4. The Labute approximate surface area is 174 Å². The number of nitrogens with zero attached hydrogens (tertiary/aromatic N) is 2. The van der Waals surface area contributed by atoms with Crippen molar-refractivity contribution in [2.75, 3.05) is 45.3 Å². The van der Waals surface area contributed by atoms with E-state index in [2.05, 4.69) is 42.3 Å². The molecular weight excluding hydrogens is 374 g/mol. The number of amides is 1. The summed E-state index contributed by atoms with van der Waals surface area (Å²) in [6.07, 6.45) is 2.44. The van der Waals surface area contributed by atoms with Gasteiger partial charge in [0.05, 0.1) is 13.2 Å². The Morgan fingerprint density at radius 3 is 2.64 bits per heavy atom. The van der Waals surface area contributed by atoms with Crippen molar-refractivity contribution in [3.63, 3.8) is 0 Å². The van der Waals surface area contributed by atoms with Gasteiger partial charge in [-0.1, -0.05) is 25.1 Å². The molecule has 1 amide bonds. The summed E-state index contributed by atoms with van der Waals surface area (Å²) in [4.78, 5) is 16.0. The van der Waals surface area contributed by atoms with Crippen molar-refractivity contribution in [2.24, 2.45) is 0 Å². The van der Waals surface area contributed by atoms with Crippen LogP contribution in [-0.4, -0.2) is 67.0 Å². The van der Waals surface area contributed by atoms with Gasteiger partial charge in [-0.25, -0.2) is 4.79 Å². The molecule has 0 bridgehead atoms. The number of anilines is 1. The average Bonchev–Trinajstić information content (AvgIpc) is 2.70. The third-order valence-corrected chi connectivity index (χ3v) is 5.54. The molecule has 1 aliphatic heterocycles. The molecule has 28 heavy (non-hydrogen) atoms. The first-order valence-corrected chi connectivity index (χ1v) is 10.5. The molecule has 7 heteroatoms. The third-order valence-electron chi connectivity index (χ3n) is 5.20. The molecule has 2 rings (SSSR count). The second-order valence-electron chi connectivity index (χ2n) is 7.00. The Kier molecular flexibility index (Phi) is 8.99. The van der Waals surface area contributed by atoms with Crippen LogP contribution in [0.15, 0.2) is 18.2 Å². The number of likely N-dealkylation sites (tertiary alicyclic amines) is 1. The minimum atomic E-state index is -0.224. The average molecular weight is 408 g/mol. The van der Waals surface area contributed by atoms with Gasteiger partial charge >= 0.3 is 6.09 Å². The van der Waals surface area contributed by atoms with Gasteiger partial charge < -0.3 is 24.6 Å². The fourth-order valence-electron chi connectivity index (χ4n) is 3.60. The number of rotatable bonds is 7. The van der Waals surface area contributed by atoms with Crippen molar-refractivity contribution < 1.29 is 14.3 Å². The van der Waals surface area contributed by atoms with Crippen molar-refractivity contribution in [1.29, 1.82) is 0 Å². The summed E-state index contributed by atoms with van der Waals surface area (Å²) < 4.78 is 10.4. The summed E-state index contributed by atoms with van der Waals surface area (Å²) in [5.74, 6) is 0. The van der Waals surface area contributed by atoms with Gasteiger partial charge in [0.15, 0.2) is 5.11 Å². The molecule has 1 aromatic carbocycles. The van der Waals surface area contributed by atoms with Crippen LogP contribution in [0, 0.1) is 6.92 Å². The van der Waals surface area contributed by atoms with E-state index in [4.69, 9.17) is 21.7 Å². The van der Waals surface area contributed by atoms with Crippen LogP contribution < -0.4 is 5.32 Å². The highest BCUT2D eigenvalue weighted by Crippen LogP contribution is 2.24. The second-order valence-corrected chi connectivity index (χ2v) is 7.38. The number of methoxy groups -OCH3 is 1. The van der Waals surface area contributed by atoms with Crippen molar-refractivity contribution in [1.82, 2.24) is 9.80 Å². The van der Waals surface area contributed by atoms with Crippen LogP contribution in [0.3, 0.4) is 0 Å². The zero-order valence-electron chi connectivity index (χ0n) is 17.5. The Bertz CT molecular complexity index is 660. The number of benzene rings is 1. The van der Waals surface area contributed by atoms with Gasteiger partial charge in [-0.3, -0.25) is 0 Å². The maximum atomic E-state index is 12.0. The SMILES string of the molecule is CCOC(=O)N1CCC(N(CCOC)C(=S)Nc2c(C)cccc2CC)CC1. The van der Waals surface area contributed by atoms with Crippen molar-refractivity contribution in [3.05, 3.63) is 29.3 Å². The molecule has 0 spiro atoms. The minimum absolute atomic E-state index is 0.224. The van der Waals surface area contributed by atoms with Gasteiger partial charge in [-0.2, -0.15) is 0 Å². The summed E-state index contributed by atoms with van der Waals surface area (Å²) in [5.41, 5.74) is 3.54. The highest BCUT2D eigenvalue weighted by Gasteiger charge is 2.29. The van der Waals surface area contributed by atoms with E-state index in [0.717, 1.165) is 36.6 Å². The van der Waals surface area contributed by atoms with E-state index in [9.17, 15) is 4.79 Å². The molecule has 1 aromatic rings. The fraction of sp³-hybridized carbons (Fsp3) is 0.619. The number of nitrogens with one attached hydrogen (secondary N) is 1. The molecular formula is C21H33N3O3S. The van der Waals surface area contributed by atoms with Gasteiger partial charge in [0, 0.05) is 38.5 Å². The maximum Gasteiger partial charge on any atom is 0.409 e. The number of hydrogen-bond acceptors (Lipinski definition) is 4. The topological polar surface area (TPSA) is 54.0 Å². The Balaban J connectivity index is 2.07. The zero-order chi connectivity index (χ0) is 20.5. The number of ether oxygens (including phenoxy) is 2. The molecule has 0 aliphatic carbocycles.